The lowest BCUT2D eigenvalue weighted by atomic mass is 10.2. The third-order valence-corrected chi connectivity index (χ3v) is 4.54. The highest BCUT2D eigenvalue weighted by Gasteiger charge is 2.14. The Morgan fingerprint density at radius 1 is 1.00 bits per heavy atom. The van der Waals surface area contributed by atoms with Gasteiger partial charge in [-0.1, -0.05) is 30.0 Å². The van der Waals surface area contributed by atoms with Crippen molar-refractivity contribution in [2.45, 2.75) is 5.16 Å². The maximum Gasteiger partial charge on any atom is 0.210 e. The molecule has 3 aromatic rings. The number of benzene rings is 2. The molecule has 136 valence electrons. The minimum Gasteiger partial charge on any atom is -0.493 e. The first-order chi connectivity index (χ1) is 12.7. The summed E-state index contributed by atoms with van der Waals surface area (Å²) < 4.78 is 17.7. The van der Waals surface area contributed by atoms with E-state index in [1.807, 2.05) is 48.5 Å². The molecular formula is C18H20N4O3S. The van der Waals surface area contributed by atoms with Crippen LogP contribution in [0.4, 0.5) is 0 Å². The SMILES string of the molecule is COc1ccc(-c2nnc(SCCOc3ccccc3)n2N)cc1OC. The van der Waals surface area contributed by atoms with E-state index in [1.54, 1.807) is 14.2 Å². The Hall–Kier alpha value is -2.87. The van der Waals surface area contributed by atoms with E-state index in [1.165, 1.54) is 16.4 Å². The molecule has 0 saturated carbocycles. The van der Waals surface area contributed by atoms with E-state index in [9.17, 15) is 0 Å². The van der Waals surface area contributed by atoms with Crippen LogP contribution in [-0.4, -0.2) is 41.5 Å². The third kappa shape index (κ3) is 4.02. The van der Waals surface area contributed by atoms with Crippen LogP contribution in [0.5, 0.6) is 17.2 Å². The zero-order valence-corrected chi connectivity index (χ0v) is 15.4. The normalized spacial score (nSPS) is 10.5. The van der Waals surface area contributed by atoms with Crippen molar-refractivity contribution in [2.24, 2.45) is 0 Å². The highest BCUT2D eigenvalue weighted by Crippen LogP contribution is 2.32. The quantitative estimate of drug-likeness (QED) is 0.370. The van der Waals surface area contributed by atoms with Crippen molar-refractivity contribution in [3.63, 3.8) is 0 Å². The van der Waals surface area contributed by atoms with Gasteiger partial charge in [-0.3, -0.25) is 0 Å². The fourth-order valence-corrected chi connectivity index (χ4v) is 3.03. The molecule has 3 rings (SSSR count). The zero-order chi connectivity index (χ0) is 18.4. The molecule has 0 spiro atoms. The first-order valence-electron chi connectivity index (χ1n) is 7.96. The van der Waals surface area contributed by atoms with Crippen LogP contribution in [0.25, 0.3) is 11.4 Å². The topological polar surface area (TPSA) is 84.4 Å². The van der Waals surface area contributed by atoms with Gasteiger partial charge in [0.25, 0.3) is 0 Å². The van der Waals surface area contributed by atoms with E-state index in [4.69, 9.17) is 20.1 Å². The molecule has 7 nitrogen and oxygen atoms in total. The molecule has 1 aromatic heterocycles. The smallest absolute Gasteiger partial charge is 0.210 e. The third-order valence-electron chi connectivity index (χ3n) is 3.63. The Morgan fingerprint density at radius 3 is 2.50 bits per heavy atom. The molecule has 1 heterocycles. The van der Waals surface area contributed by atoms with Gasteiger partial charge >= 0.3 is 0 Å². The predicted octanol–water partition coefficient (Wildman–Crippen LogP) is 2.85. The molecule has 0 amide bonds. The summed E-state index contributed by atoms with van der Waals surface area (Å²) in [4.78, 5) is 0. The monoisotopic (exact) mass is 372 g/mol. The number of nitrogen functional groups attached to an aromatic ring is 1. The van der Waals surface area contributed by atoms with Gasteiger partial charge in [-0.15, -0.1) is 10.2 Å². The number of ether oxygens (including phenoxy) is 3. The number of thioether (sulfide) groups is 1. The van der Waals surface area contributed by atoms with Gasteiger partial charge in [0.15, 0.2) is 17.3 Å². The lowest BCUT2D eigenvalue weighted by Crippen LogP contribution is -2.12. The van der Waals surface area contributed by atoms with Crippen molar-refractivity contribution in [1.29, 1.82) is 0 Å². The summed E-state index contributed by atoms with van der Waals surface area (Å²) in [5.41, 5.74) is 0.796. The number of nitrogens with zero attached hydrogens (tertiary/aromatic N) is 3. The second-order valence-electron chi connectivity index (χ2n) is 5.26. The van der Waals surface area contributed by atoms with Gasteiger partial charge < -0.3 is 20.1 Å². The molecule has 0 aliphatic rings. The summed E-state index contributed by atoms with van der Waals surface area (Å²) in [6.07, 6.45) is 0. The minimum absolute atomic E-state index is 0.549. The van der Waals surface area contributed by atoms with Gasteiger partial charge in [-0.2, -0.15) is 0 Å². The van der Waals surface area contributed by atoms with Crippen molar-refractivity contribution < 1.29 is 14.2 Å². The van der Waals surface area contributed by atoms with Crippen LogP contribution in [0.3, 0.4) is 0 Å². The molecule has 0 aliphatic heterocycles. The summed E-state index contributed by atoms with van der Waals surface area (Å²) >= 11 is 1.48. The van der Waals surface area contributed by atoms with Gasteiger partial charge in [0, 0.05) is 11.3 Å². The van der Waals surface area contributed by atoms with Gasteiger partial charge in [-0.05, 0) is 30.3 Å². The second-order valence-corrected chi connectivity index (χ2v) is 6.32. The molecule has 2 N–H and O–H groups in total. The molecule has 0 unspecified atom stereocenters. The van der Waals surface area contributed by atoms with Crippen LogP contribution in [0.15, 0.2) is 53.7 Å². The average Bonchev–Trinajstić information content (AvgIpc) is 3.06. The van der Waals surface area contributed by atoms with Crippen molar-refractivity contribution in [3.05, 3.63) is 48.5 Å². The molecular weight excluding hydrogens is 352 g/mol. The van der Waals surface area contributed by atoms with Crippen LogP contribution in [0.1, 0.15) is 0 Å². The maximum absolute atomic E-state index is 6.15. The Balaban J connectivity index is 1.64. The average molecular weight is 372 g/mol. The summed E-state index contributed by atoms with van der Waals surface area (Å²) in [6, 6.07) is 15.2. The highest BCUT2D eigenvalue weighted by atomic mass is 32.2. The van der Waals surface area contributed by atoms with Gasteiger partial charge in [0.05, 0.1) is 20.8 Å². The lowest BCUT2D eigenvalue weighted by Gasteiger charge is -2.09. The van der Waals surface area contributed by atoms with Crippen LogP contribution >= 0.6 is 11.8 Å². The molecule has 0 radical (unpaired) electrons. The van der Waals surface area contributed by atoms with Gasteiger partial charge in [-0.25, -0.2) is 4.68 Å². The van der Waals surface area contributed by atoms with E-state index in [0.717, 1.165) is 11.3 Å². The largest absolute Gasteiger partial charge is 0.493 e. The molecule has 0 atom stereocenters. The number of aromatic nitrogens is 3. The molecule has 0 fully saturated rings. The maximum atomic E-state index is 6.15. The highest BCUT2D eigenvalue weighted by molar-refractivity contribution is 7.99. The summed E-state index contributed by atoms with van der Waals surface area (Å²) in [6.45, 7) is 0.549. The second kappa shape index (κ2) is 8.48. The van der Waals surface area contributed by atoms with Crippen LogP contribution < -0.4 is 20.1 Å². The van der Waals surface area contributed by atoms with Crippen LogP contribution in [-0.2, 0) is 0 Å². The number of rotatable bonds is 8. The molecule has 0 bridgehead atoms. The molecule has 26 heavy (non-hydrogen) atoms. The summed E-state index contributed by atoms with van der Waals surface area (Å²) in [7, 11) is 3.18. The molecule has 2 aromatic carbocycles. The van der Waals surface area contributed by atoms with E-state index < -0.39 is 0 Å². The van der Waals surface area contributed by atoms with Gasteiger partial charge in [0.2, 0.25) is 5.16 Å². The minimum atomic E-state index is 0.549. The zero-order valence-electron chi connectivity index (χ0n) is 14.6. The number of hydrogen-bond donors (Lipinski definition) is 1. The first kappa shape index (κ1) is 17.9. The summed E-state index contributed by atoms with van der Waals surface area (Å²) in [5, 5.41) is 8.96. The molecule has 0 aliphatic carbocycles. The fraction of sp³-hybridized carbons (Fsp3) is 0.222. The summed E-state index contributed by atoms with van der Waals surface area (Å²) in [5.74, 6) is 9.50. The van der Waals surface area contributed by atoms with E-state index in [2.05, 4.69) is 10.2 Å². The van der Waals surface area contributed by atoms with Gasteiger partial charge in [0.1, 0.15) is 5.75 Å². The van der Waals surface area contributed by atoms with Crippen LogP contribution in [0.2, 0.25) is 0 Å². The van der Waals surface area contributed by atoms with Crippen molar-refractivity contribution in [1.82, 2.24) is 14.9 Å². The Morgan fingerprint density at radius 2 is 1.77 bits per heavy atom. The van der Waals surface area contributed by atoms with Crippen LogP contribution in [0, 0.1) is 0 Å². The van der Waals surface area contributed by atoms with E-state index in [0.29, 0.717) is 34.8 Å². The lowest BCUT2D eigenvalue weighted by molar-refractivity contribution is 0.344. The number of para-hydroxylation sites is 1. The molecule has 0 saturated heterocycles. The standard InChI is InChI=1S/C18H20N4O3S/c1-23-15-9-8-13(12-16(15)24-2)17-20-21-18(22(17)19)26-11-10-25-14-6-4-3-5-7-14/h3-9,12H,10-11,19H2,1-2H3. The molecule has 8 heteroatoms. The Bertz CT molecular complexity index is 855. The Kier molecular flexibility index (Phi) is 5.85. The van der Waals surface area contributed by atoms with E-state index >= 15 is 0 Å². The van der Waals surface area contributed by atoms with Crippen molar-refractivity contribution in [2.75, 3.05) is 32.4 Å². The Labute approximate surface area is 156 Å². The van der Waals surface area contributed by atoms with Crippen molar-refractivity contribution >= 4 is 11.8 Å². The number of hydrogen-bond acceptors (Lipinski definition) is 7. The predicted molar refractivity (Wildman–Crippen MR) is 101 cm³/mol. The number of nitrogens with two attached hydrogens (primary N) is 1. The first-order valence-corrected chi connectivity index (χ1v) is 8.95. The van der Waals surface area contributed by atoms with E-state index in [-0.39, 0.29) is 0 Å². The number of methoxy groups -OCH3 is 2. The fourth-order valence-electron chi connectivity index (χ4n) is 2.36. The van der Waals surface area contributed by atoms with Crippen molar-refractivity contribution in [3.8, 4) is 28.6 Å².